The first-order valence-electron chi connectivity index (χ1n) is 44.4. The first-order chi connectivity index (χ1) is 44.7. The summed E-state index contributed by atoms with van der Waals surface area (Å²) in [5.74, 6) is 0. The summed E-state index contributed by atoms with van der Waals surface area (Å²) < 4.78 is 0. The Morgan fingerprint density at radius 2 is 0.149 bits per heavy atom. The van der Waals surface area contributed by atoms with E-state index in [1.54, 1.807) is 163 Å². The Morgan fingerprint density at radius 3 is 0.181 bits per heavy atom. The van der Waals surface area contributed by atoms with Crippen molar-refractivity contribution in [3.05, 3.63) is 14.4 Å². The zero-order valence-electron chi connectivity index (χ0n) is 71.6. The van der Waals surface area contributed by atoms with Gasteiger partial charge in [-0.3, -0.25) is 0 Å². The van der Waals surface area contributed by atoms with E-state index in [0.717, 1.165) is 0 Å². The van der Waals surface area contributed by atoms with Gasteiger partial charge < -0.3 is 14.4 Å². The van der Waals surface area contributed by atoms with Crippen LogP contribution in [-0.2, 0) is 17.4 Å². The van der Waals surface area contributed by atoms with Gasteiger partial charge in [-0.2, -0.15) is 0 Å². The molecule has 0 atom stereocenters. The van der Waals surface area contributed by atoms with Gasteiger partial charge in [0.2, 0.25) is 0 Å². The molecule has 564 valence electrons. The molecule has 0 aromatic carbocycles. The molecule has 94 heavy (non-hydrogen) atoms. The monoisotopic (exact) mass is 1500 g/mol. The van der Waals surface area contributed by atoms with Crippen molar-refractivity contribution in [3.63, 3.8) is 0 Å². The van der Waals surface area contributed by atoms with E-state index < -0.39 is 72.7 Å². The molecular formula is C84H189CrSi9+3. The van der Waals surface area contributed by atoms with Crippen LogP contribution in [0.5, 0.6) is 0 Å². The van der Waals surface area contributed by atoms with E-state index in [2.05, 4.69) is 201 Å². The first-order valence-corrected chi connectivity index (χ1v) is 68.0. The second kappa shape index (κ2) is 59.7. The van der Waals surface area contributed by atoms with Gasteiger partial charge in [-0.15, -0.1) is 0 Å². The van der Waals surface area contributed by atoms with E-state index in [1.165, 1.54) is 173 Å². The molecule has 0 radical (unpaired) electrons. The molecule has 10 heteroatoms. The van der Waals surface area contributed by atoms with Crippen LogP contribution in [0.15, 0.2) is 0 Å². The normalized spacial score (nSPS) is 13.2. The number of hydrogen-bond donors (Lipinski definition) is 0. The SMILES string of the molecule is CCC[Si](CCC)(CCC)[C-]([Si](CCC)(CCC)CCC)[Si](CCC)(CCC)CCC.CCC[Si](CCC)(CCC)[C-]([Si](CCC)(CCC)CCC)[Si](CCC)(CCC)CCC.CCC[Si](CCC)(CCC)[C-]([Si](CCC)(CCC)CCC)[Si](CCC)(CCC)CCC.[Cr+6]. The topological polar surface area (TPSA) is 0 Å². The molecule has 0 fully saturated rings. The molecule has 0 spiro atoms. The summed E-state index contributed by atoms with van der Waals surface area (Å²) in [6.07, 6.45) is 39.0. The van der Waals surface area contributed by atoms with Gasteiger partial charge in [0.25, 0.3) is 0 Å². The van der Waals surface area contributed by atoms with Crippen LogP contribution in [0.2, 0.25) is 163 Å². The molecule has 0 aromatic heterocycles. The largest absolute Gasteiger partial charge is 6.00 e. The molecule has 0 unspecified atom stereocenters. The van der Waals surface area contributed by atoms with Crippen LogP contribution in [0, 0.1) is 14.4 Å². The Hall–Kier alpha value is 2.48. The molecule has 0 aliphatic carbocycles. The van der Waals surface area contributed by atoms with Gasteiger partial charge in [-0.1, -0.05) is 596 Å². The third-order valence-electron chi connectivity index (χ3n) is 24.4. The Morgan fingerprint density at radius 1 is 0.106 bits per heavy atom. The van der Waals surface area contributed by atoms with Gasteiger partial charge in [0.15, 0.2) is 0 Å². The molecular weight excluding hydrogens is 1310 g/mol. The number of rotatable bonds is 63. The van der Waals surface area contributed by atoms with Crippen molar-refractivity contribution in [3.8, 4) is 0 Å². The zero-order valence-corrected chi connectivity index (χ0v) is 81.9. The Bertz CT molecular complexity index is 1120. The molecule has 0 aliphatic heterocycles. The molecule has 0 aromatic rings. The van der Waals surface area contributed by atoms with Crippen molar-refractivity contribution < 1.29 is 17.4 Å². The van der Waals surface area contributed by atoms with Crippen LogP contribution < -0.4 is 0 Å². The molecule has 0 aliphatic rings. The molecule has 0 rings (SSSR count). The second-order valence-electron chi connectivity index (χ2n) is 32.9. The third kappa shape index (κ3) is 30.5. The van der Waals surface area contributed by atoms with Crippen molar-refractivity contribution in [2.45, 2.75) is 523 Å². The predicted octanol–water partition coefficient (Wildman–Crippen LogP) is 33.6. The van der Waals surface area contributed by atoms with E-state index in [0.29, 0.717) is 0 Å². The van der Waals surface area contributed by atoms with E-state index in [9.17, 15) is 0 Å². The first kappa shape index (κ1) is 103. The zero-order chi connectivity index (χ0) is 71.4. The molecule has 0 heterocycles. The predicted molar refractivity (Wildman–Crippen MR) is 469 cm³/mol. The van der Waals surface area contributed by atoms with Gasteiger partial charge in [-0.25, -0.2) is 0 Å². The molecule has 0 N–H and O–H groups in total. The number of hydrogen-bond acceptors (Lipinski definition) is 0. The van der Waals surface area contributed by atoms with Crippen molar-refractivity contribution >= 4 is 72.7 Å². The van der Waals surface area contributed by atoms with Crippen LogP contribution in [0.4, 0.5) is 0 Å². The maximum Gasteiger partial charge on any atom is 6.00 e. The molecule has 0 nitrogen and oxygen atoms in total. The maximum absolute atomic E-state index is 2.54. The standard InChI is InChI=1S/3C28H63Si3.Cr/c3*1-10-19-29(20-11-2,21-12-3)28(30(22-13-4,23-14-5)24-15-6)31(25-16-7,26-17-8)27-18-9;/h3*10-27H2,1-9H3;/q3*-1;+6. The van der Waals surface area contributed by atoms with Crippen molar-refractivity contribution in [1.29, 1.82) is 0 Å². The summed E-state index contributed by atoms with van der Waals surface area (Å²) in [5.41, 5.74) is 0. The fourth-order valence-corrected chi connectivity index (χ4v) is 125. The fraction of sp³-hybridized carbons (Fsp3) is 0.964. The molecule has 0 bridgehead atoms. The van der Waals surface area contributed by atoms with Gasteiger partial charge in [0, 0.05) is 0 Å². The quantitative estimate of drug-likeness (QED) is 0.0421. The second-order valence-corrected chi connectivity index (χ2v) is 78.4. The van der Waals surface area contributed by atoms with Crippen LogP contribution in [-0.4, -0.2) is 72.7 Å². The van der Waals surface area contributed by atoms with Crippen LogP contribution in [0.3, 0.4) is 0 Å². The average Bonchev–Trinajstić information content (AvgIpc) is 0.753. The van der Waals surface area contributed by atoms with Crippen LogP contribution in [0.1, 0.15) is 360 Å². The van der Waals surface area contributed by atoms with E-state index >= 15 is 0 Å². The van der Waals surface area contributed by atoms with Gasteiger partial charge in [0.1, 0.15) is 0 Å². The van der Waals surface area contributed by atoms with E-state index in [1.807, 2.05) is 0 Å². The Labute approximate surface area is 622 Å². The summed E-state index contributed by atoms with van der Waals surface area (Å²) in [7, 11) is -12.4. The maximum atomic E-state index is 2.54. The minimum absolute atomic E-state index is 0. The summed E-state index contributed by atoms with van der Waals surface area (Å²) >= 11 is 0. The Kier molecular flexibility index (Phi) is 65.3. The van der Waals surface area contributed by atoms with Gasteiger partial charge >= 0.3 is 17.4 Å². The summed E-state index contributed by atoms with van der Waals surface area (Å²) in [4.78, 5) is 7.61. The average molecular weight is 1500 g/mol. The van der Waals surface area contributed by atoms with E-state index in [4.69, 9.17) is 0 Å². The molecule has 0 saturated carbocycles. The van der Waals surface area contributed by atoms with Gasteiger partial charge in [0.05, 0.1) is 0 Å². The summed E-state index contributed by atoms with van der Waals surface area (Å²) in [6.45, 7) is 68.1. The van der Waals surface area contributed by atoms with Crippen molar-refractivity contribution in [2.75, 3.05) is 0 Å². The van der Waals surface area contributed by atoms with Crippen molar-refractivity contribution in [2.24, 2.45) is 0 Å². The molecule has 0 saturated heterocycles. The third-order valence-corrected chi connectivity index (χ3v) is 102. The smallest absolute Gasteiger partial charge is 0.309 e. The van der Waals surface area contributed by atoms with Crippen molar-refractivity contribution in [1.82, 2.24) is 0 Å². The van der Waals surface area contributed by atoms with Gasteiger partial charge in [-0.05, 0) is 0 Å². The fourth-order valence-electron chi connectivity index (χ4n) is 24.7. The van der Waals surface area contributed by atoms with Crippen LogP contribution in [0.25, 0.3) is 0 Å². The van der Waals surface area contributed by atoms with Crippen LogP contribution >= 0.6 is 0 Å². The minimum atomic E-state index is -1.38. The van der Waals surface area contributed by atoms with E-state index in [-0.39, 0.29) is 17.4 Å². The Balaban J connectivity index is -0.000000643. The summed E-state index contributed by atoms with van der Waals surface area (Å²) in [5, 5.41) is 0. The summed E-state index contributed by atoms with van der Waals surface area (Å²) in [6, 6.07) is 43.9. The minimum Gasteiger partial charge on any atom is -0.309 e. The molecule has 0 amide bonds.